The molecule has 0 N–H and O–H groups in total. The number of rotatable bonds is 17. The van der Waals surface area contributed by atoms with E-state index in [4.69, 9.17) is 19.4 Å². The van der Waals surface area contributed by atoms with E-state index in [2.05, 4.69) is 56.3 Å². The summed E-state index contributed by atoms with van der Waals surface area (Å²) in [6, 6.07) is 16.8. The lowest BCUT2D eigenvalue weighted by molar-refractivity contribution is -0.164. The molecule has 38 heavy (non-hydrogen) atoms. The van der Waals surface area contributed by atoms with Gasteiger partial charge in [-0.25, -0.2) is 9.97 Å². The van der Waals surface area contributed by atoms with E-state index in [1.165, 1.54) is 44.1 Å². The quantitative estimate of drug-likeness (QED) is 0.102. The standard InChI is InChI=1S/C33H44N2O3/c1-4-7-9-10-11-16-23-30(36)38-31(6-3)37-28-24-34-33(35-25-28)32-27(20-13-8-5-2)21-17-22-29(32)26-18-14-12-15-19-26/h12,14-15,17-19,21-22,24-25,31H,4-11,13,16,20,23H2,1-3H3/t31-/m0/s1. The Balaban J connectivity index is 1.69. The zero-order chi connectivity index (χ0) is 27.0. The molecule has 0 fully saturated rings. The average Bonchev–Trinajstić information content (AvgIpc) is 2.95. The molecule has 0 saturated carbocycles. The van der Waals surface area contributed by atoms with Crippen LogP contribution in [0.5, 0.6) is 5.75 Å². The van der Waals surface area contributed by atoms with E-state index in [1.54, 1.807) is 12.4 Å². The van der Waals surface area contributed by atoms with Gasteiger partial charge in [0.15, 0.2) is 11.6 Å². The molecule has 1 aromatic heterocycles. The molecule has 1 atom stereocenters. The van der Waals surface area contributed by atoms with E-state index in [0.29, 0.717) is 24.4 Å². The first-order chi connectivity index (χ1) is 18.7. The van der Waals surface area contributed by atoms with Gasteiger partial charge in [0.1, 0.15) is 0 Å². The largest absolute Gasteiger partial charge is 0.452 e. The number of carbonyl (C=O) groups is 1. The fourth-order valence-electron chi connectivity index (χ4n) is 4.60. The Morgan fingerprint density at radius 1 is 0.789 bits per heavy atom. The molecule has 0 bridgehead atoms. The number of carbonyl (C=O) groups excluding carboxylic acids is 1. The van der Waals surface area contributed by atoms with Crippen molar-refractivity contribution in [1.29, 1.82) is 0 Å². The summed E-state index contributed by atoms with van der Waals surface area (Å²) in [4.78, 5) is 21.7. The van der Waals surface area contributed by atoms with E-state index < -0.39 is 6.29 Å². The van der Waals surface area contributed by atoms with E-state index in [0.717, 1.165) is 42.4 Å². The SMILES string of the molecule is CCCCCCCCC(=O)O[C@@H](CC)Oc1cnc(-c2c(CCCCC)cccc2-c2ccccc2)nc1. The first-order valence-electron chi connectivity index (χ1n) is 14.5. The third-order valence-corrected chi connectivity index (χ3v) is 6.74. The van der Waals surface area contributed by atoms with Crippen molar-refractivity contribution in [3.63, 3.8) is 0 Å². The Hall–Kier alpha value is -3.21. The molecule has 0 spiro atoms. The van der Waals surface area contributed by atoms with Gasteiger partial charge in [0.2, 0.25) is 6.29 Å². The second kappa shape index (κ2) is 16.6. The van der Waals surface area contributed by atoms with Gasteiger partial charge >= 0.3 is 5.97 Å². The van der Waals surface area contributed by atoms with Crippen molar-refractivity contribution in [2.24, 2.45) is 0 Å². The molecular weight excluding hydrogens is 472 g/mol. The molecular formula is C33H44N2O3. The smallest absolute Gasteiger partial charge is 0.308 e. The number of nitrogens with zero attached hydrogens (tertiary/aromatic N) is 2. The third kappa shape index (κ3) is 9.27. The number of hydrogen-bond donors (Lipinski definition) is 0. The summed E-state index contributed by atoms with van der Waals surface area (Å²) in [7, 11) is 0. The van der Waals surface area contributed by atoms with Crippen molar-refractivity contribution in [3.8, 4) is 28.3 Å². The van der Waals surface area contributed by atoms with Crippen molar-refractivity contribution in [3.05, 3.63) is 66.5 Å². The Kier molecular flexibility index (Phi) is 12.8. The molecule has 5 nitrogen and oxygen atoms in total. The number of hydrogen-bond acceptors (Lipinski definition) is 5. The van der Waals surface area contributed by atoms with Crippen LogP contribution in [-0.2, 0) is 16.0 Å². The molecule has 5 heteroatoms. The molecule has 3 aromatic rings. The van der Waals surface area contributed by atoms with Crippen LogP contribution in [-0.4, -0.2) is 22.2 Å². The molecule has 3 rings (SSSR count). The highest BCUT2D eigenvalue weighted by atomic mass is 16.7. The third-order valence-electron chi connectivity index (χ3n) is 6.74. The number of ether oxygens (including phenoxy) is 2. The number of aryl methyl sites for hydroxylation is 1. The summed E-state index contributed by atoms with van der Waals surface area (Å²) in [5, 5.41) is 0. The summed E-state index contributed by atoms with van der Waals surface area (Å²) >= 11 is 0. The van der Waals surface area contributed by atoms with Gasteiger partial charge in [-0.1, -0.05) is 114 Å². The molecule has 0 amide bonds. The lowest BCUT2D eigenvalue weighted by atomic mass is 9.92. The van der Waals surface area contributed by atoms with E-state index in [1.807, 2.05) is 13.0 Å². The average molecular weight is 517 g/mol. The van der Waals surface area contributed by atoms with Crippen LogP contribution in [0, 0.1) is 0 Å². The Bertz CT molecular complexity index is 1080. The van der Waals surface area contributed by atoms with Gasteiger partial charge in [0.25, 0.3) is 0 Å². The molecule has 0 aliphatic rings. The molecule has 0 unspecified atom stereocenters. The summed E-state index contributed by atoms with van der Waals surface area (Å²) in [6.45, 7) is 6.37. The monoisotopic (exact) mass is 516 g/mol. The van der Waals surface area contributed by atoms with E-state index in [9.17, 15) is 4.79 Å². The van der Waals surface area contributed by atoms with Gasteiger partial charge in [-0.15, -0.1) is 0 Å². The Labute approximate surface area is 229 Å². The molecule has 0 aliphatic heterocycles. The van der Waals surface area contributed by atoms with E-state index in [-0.39, 0.29) is 5.97 Å². The van der Waals surface area contributed by atoms with Crippen molar-refractivity contribution >= 4 is 5.97 Å². The highest BCUT2D eigenvalue weighted by Crippen LogP contribution is 2.34. The maximum atomic E-state index is 12.3. The zero-order valence-corrected chi connectivity index (χ0v) is 23.5. The molecule has 0 radical (unpaired) electrons. The first kappa shape index (κ1) is 29.3. The second-order valence-corrected chi connectivity index (χ2v) is 9.87. The minimum absolute atomic E-state index is 0.210. The molecule has 204 valence electrons. The summed E-state index contributed by atoms with van der Waals surface area (Å²) < 4.78 is 11.5. The van der Waals surface area contributed by atoms with Crippen LogP contribution in [0.25, 0.3) is 22.5 Å². The lowest BCUT2D eigenvalue weighted by Crippen LogP contribution is -2.23. The van der Waals surface area contributed by atoms with Crippen LogP contribution in [0.1, 0.15) is 97.0 Å². The van der Waals surface area contributed by atoms with Crippen LogP contribution in [0.4, 0.5) is 0 Å². The van der Waals surface area contributed by atoms with Crippen molar-refractivity contribution < 1.29 is 14.3 Å². The van der Waals surface area contributed by atoms with Crippen LogP contribution in [0.2, 0.25) is 0 Å². The van der Waals surface area contributed by atoms with Gasteiger partial charge in [-0.05, 0) is 36.0 Å². The van der Waals surface area contributed by atoms with Gasteiger partial charge < -0.3 is 9.47 Å². The number of aromatic nitrogens is 2. The molecule has 0 aliphatic carbocycles. The normalized spacial score (nSPS) is 11.8. The number of unbranched alkanes of at least 4 members (excludes halogenated alkanes) is 7. The van der Waals surface area contributed by atoms with Crippen LogP contribution >= 0.6 is 0 Å². The fraction of sp³-hybridized carbons (Fsp3) is 0.485. The Morgan fingerprint density at radius 3 is 2.18 bits per heavy atom. The minimum Gasteiger partial charge on any atom is -0.452 e. The van der Waals surface area contributed by atoms with Crippen LogP contribution in [0.15, 0.2) is 60.9 Å². The predicted molar refractivity (Wildman–Crippen MR) is 155 cm³/mol. The summed E-state index contributed by atoms with van der Waals surface area (Å²) in [5.41, 5.74) is 4.60. The van der Waals surface area contributed by atoms with Gasteiger partial charge in [0.05, 0.1) is 12.4 Å². The van der Waals surface area contributed by atoms with Gasteiger partial charge in [-0.3, -0.25) is 4.79 Å². The fourth-order valence-corrected chi connectivity index (χ4v) is 4.60. The maximum Gasteiger partial charge on any atom is 0.308 e. The predicted octanol–water partition coefficient (Wildman–Crippen LogP) is 8.95. The van der Waals surface area contributed by atoms with Crippen molar-refractivity contribution in [2.45, 2.75) is 104 Å². The first-order valence-corrected chi connectivity index (χ1v) is 14.5. The summed E-state index contributed by atoms with van der Waals surface area (Å²) in [5.74, 6) is 0.965. The topological polar surface area (TPSA) is 61.3 Å². The minimum atomic E-state index is -0.641. The van der Waals surface area contributed by atoms with Crippen LogP contribution < -0.4 is 4.74 Å². The second-order valence-electron chi connectivity index (χ2n) is 9.87. The van der Waals surface area contributed by atoms with E-state index >= 15 is 0 Å². The lowest BCUT2D eigenvalue weighted by Gasteiger charge is -2.18. The maximum absolute atomic E-state index is 12.3. The molecule has 2 aromatic carbocycles. The van der Waals surface area contributed by atoms with Gasteiger partial charge in [0, 0.05) is 18.4 Å². The Morgan fingerprint density at radius 2 is 1.47 bits per heavy atom. The molecule has 1 heterocycles. The number of benzene rings is 2. The zero-order valence-electron chi connectivity index (χ0n) is 23.5. The van der Waals surface area contributed by atoms with Crippen molar-refractivity contribution in [2.75, 3.05) is 0 Å². The van der Waals surface area contributed by atoms with Crippen LogP contribution in [0.3, 0.4) is 0 Å². The summed E-state index contributed by atoms with van der Waals surface area (Å²) in [6.07, 6.45) is 15.0. The van der Waals surface area contributed by atoms with Crippen molar-refractivity contribution in [1.82, 2.24) is 9.97 Å². The molecule has 0 saturated heterocycles. The number of esters is 1. The highest BCUT2D eigenvalue weighted by Gasteiger charge is 2.17. The highest BCUT2D eigenvalue weighted by molar-refractivity contribution is 5.83. The van der Waals surface area contributed by atoms with Gasteiger partial charge in [-0.2, -0.15) is 0 Å².